The lowest BCUT2D eigenvalue weighted by Crippen LogP contribution is -2.37. The molecule has 0 spiro atoms. The number of aromatic nitrogens is 5. The number of rotatable bonds is 3. The summed E-state index contributed by atoms with van der Waals surface area (Å²) in [6, 6.07) is 6.16. The second-order valence-electron chi connectivity index (χ2n) is 9.89. The van der Waals surface area contributed by atoms with Crippen LogP contribution in [0, 0.1) is 5.92 Å². The van der Waals surface area contributed by atoms with Crippen LogP contribution in [0.3, 0.4) is 0 Å². The molecule has 1 saturated carbocycles. The largest absolute Gasteiger partial charge is 0.385 e. The van der Waals surface area contributed by atoms with Gasteiger partial charge in [-0.1, -0.05) is 13.0 Å². The standard InChI is InChI=1S/C26H29N7O2/c1-15-3-6-18(7-4-15)33-21-12-27-10-9-19(21)20-11-28-26(31-25(20)33)30-23-8-5-17-13-32(16(2)34)14-22(35)24(17)29-23/h5,8-12,15,18,22,35H,3-4,6-7,13-14H2,1-2H3,(H,28,29,30,31)/t15?,18?,22-/m0/s1. The monoisotopic (exact) mass is 471 g/mol. The molecular formula is C26H29N7O2. The Morgan fingerprint density at radius 1 is 1.09 bits per heavy atom. The molecule has 4 aromatic heterocycles. The molecule has 1 aliphatic heterocycles. The minimum absolute atomic E-state index is 0.0587. The number of fused-ring (bicyclic) bond motifs is 4. The molecule has 5 heterocycles. The van der Waals surface area contributed by atoms with Gasteiger partial charge in [0, 0.05) is 42.7 Å². The summed E-state index contributed by atoms with van der Waals surface area (Å²) in [5.41, 5.74) is 3.43. The van der Waals surface area contributed by atoms with Crippen molar-refractivity contribution in [2.75, 3.05) is 11.9 Å². The Morgan fingerprint density at radius 3 is 2.71 bits per heavy atom. The van der Waals surface area contributed by atoms with Crippen molar-refractivity contribution in [2.45, 2.75) is 58.2 Å². The summed E-state index contributed by atoms with van der Waals surface area (Å²) in [5.74, 6) is 1.73. The fourth-order valence-corrected chi connectivity index (χ4v) is 5.51. The molecule has 1 fully saturated rings. The van der Waals surface area contributed by atoms with Gasteiger partial charge in [-0.2, -0.15) is 4.98 Å². The number of carbonyl (C=O) groups excluding carboxylic acids is 1. The van der Waals surface area contributed by atoms with Crippen molar-refractivity contribution < 1.29 is 9.90 Å². The zero-order chi connectivity index (χ0) is 24.1. The van der Waals surface area contributed by atoms with E-state index in [1.54, 1.807) is 4.90 Å². The van der Waals surface area contributed by atoms with Crippen LogP contribution in [-0.2, 0) is 11.3 Å². The van der Waals surface area contributed by atoms with Crippen LogP contribution in [0.4, 0.5) is 11.8 Å². The van der Waals surface area contributed by atoms with Gasteiger partial charge in [0.1, 0.15) is 17.6 Å². The average molecular weight is 472 g/mol. The predicted octanol–water partition coefficient (Wildman–Crippen LogP) is 4.26. The van der Waals surface area contributed by atoms with Crippen LogP contribution in [0.25, 0.3) is 21.9 Å². The zero-order valence-electron chi connectivity index (χ0n) is 20.0. The highest BCUT2D eigenvalue weighted by Gasteiger charge is 2.27. The van der Waals surface area contributed by atoms with Crippen LogP contribution in [-0.4, -0.2) is 47.0 Å². The maximum atomic E-state index is 11.8. The quantitative estimate of drug-likeness (QED) is 0.459. The molecule has 6 rings (SSSR count). The third kappa shape index (κ3) is 3.89. The Bertz CT molecular complexity index is 1420. The maximum absolute atomic E-state index is 11.8. The summed E-state index contributed by atoms with van der Waals surface area (Å²) >= 11 is 0. The molecule has 0 bridgehead atoms. The van der Waals surface area contributed by atoms with Crippen LogP contribution in [0.5, 0.6) is 0 Å². The number of aliphatic hydroxyl groups excluding tert-OH is 1. The number of anilines is 2. The van der Waals surface area contributed by atoms with Gasteiger partial charge in [0.05, 0.1) is 24.0 Å². The molecule has 0 radical (unpaired) electrons. The molecule has 2 N–H and O–H groups in total. The number of β-amino-alcohol motifs (C(OH)–C–C–N with tert-alkyl or cyclic N) is 1. The lowest BCUT2D eigenvalue weighted by Gasteiger charge is -2.30. The van der Waals surface area contributed by atoms with E-state index in [4.69, 9.17) is 4.98 Å². The van der Waals surface area contributed by atoms with Gasteiger partial charge in [0.2, 0.25) is 11.9 Å². The number of nitrogens with one attached hydrogen (secondary N) is 1. The fraction of sp³-hybridized carbons (Fsp3) is 0.423. The van der Waals surface area contributed by atoms with Crippen LogP contribution in [0.1, 0.15) is 62.9 Å². The van der Waals surface area contributed by atoms with E-state index in [0.717, 1.165) is 46.3 Å². The normalized spacial score (nSPS) is 22.4. The Kier molecular flexibility index (Phi) is 5.36. The maximum Gasteiger partial charge on any atom is 0.230 e. The summed E-state index contributed by atoms with van der Waals surface area (Å²) in [5, 5.41) is 15.9. The molecular weight excluding hydrogens is 442 g/mol. The summed E-state index contributed by atoms with van der Waals surface area (Å²) < 4.78 is 2.34. The lowest BCUT2D eigenvalue weighted by atomic mass is 9.87. The number of amides is 1. The second kappa shape index (κ2) is 8.57. The van der Waals surface area contributed by atoms with E-state index >= 15 is 0 Å². The van der Waals surface area contributed by atoms with Crippen molar-refractivity contribution in [1.82, 2.24) is 29.4 Å². The van der Waals surface area contributed by atoms with Gasteiger partial charge >= 0.3 is 0 Å². The first kappa shape index (κ1) is 21.9. The van der Waals surface area contributed by atoms with Gasteiger partial charge in [-0.3, -0.25) is 9.78 Å². The molecule has 4 aromatic rings. The van der Waals surface area contributed by atoms with E-state index in [0.29, 0.717) is 30.0 Å². The van der Waals surface area contributed by atoms with Gasteiger partial charge in [-0.05, 0) is 49.3 Å². The van der Waals surface area contributed by atoms with Crippen LogP contribution in [0.2, 0.25) is 0 Å². The lowest BCUT2D eigenvalue weighted by molar-refractivity contribution is -0.131. The van der Waals surface area contributed by atoms with Gasteiger partial charge in [0.15, 0.2) is 0 Å². The fourth-order valence-electron chi connectivity index (χ4n) is 5.51. The number of nitrogens with zero attached hydrogens (tertiary/aromatic N) is 6. The molecule has 0 saturated heterocycles. The summed E-state index contributed by atoms with van der Waals surface area (Å²) in [7, 11) is 0. The highest BCUT2D eigenvalue weighted by Crippen LogP contribution is 2.38. The van der Waals surface area contributed by atoms with Gasteiger partial charge in [-0.25, -0.2) is 9.97 Å². The van der Waals surface area contributed by atoms with Gasteiger partial charge in [0.25, 0.3) is 0 Å². The summed E-state index contributed by atoms with van der Waals surface area (Å²) in [6.07, 6.45) is 9.47. The minimum atomic E-state index is -0.823. The third-order valence-electron chi connectivity index (χ3n) is 7.46. The van der Waals surface area contributed by atoms with E-state index < -0.39 is 6.10 Å². The molecule has 1 aliphatic carbocycles. The van der Waals surface area contributed by atoms with E-state index in [9.17, 15) is 9.90 Å². The SMILES string of the molecule is CC(=O)N1Cc2ccc(Nc3ncc4c5ccncc5n(C5CCC(C)CC5)c4n3)nc2[C@@H](O)C1. The number of hydrogen-bond acceptors (Lipinski definition) is 7. The number of carbonyl (C=O) groups is 1. The number of aliphatic hydroxyl groups is 1. The van der Waals surface area contributed by atoms with Crippen molar-refractivity contribution in [3.63, 3.8) is 0 Å². The molecule has 180 valence electrons. The molecule has 1 amide bonds. The van der Waals surface area contributed by atoms with E-state index in [1.807, 2.05) is 36.8 Å². The van der Waals surface area contributed by atoms with E-state index in [2.05, 4.69) is 31.8 Å². The van der Waals surface area contributed by atoms with Crippen molar-refractivity contribution in [3.05, 3.63) is 48.0 Å². The number of pyridine rings is 2. The summed E-state index contributed by atoms with van der Waals surface area (Å²) in [6.45, 7) is 4.53. The second-order valence-corrected chi connectivity index (χ2v) is 9.89. The molecule has 0 unspecified atom stereocenters. The van der Waals surface area contributed by atoms with Crippen molar-refractivity contribution in [2.24, 2.45) is 5.92 Å². The smallest absolute Gasteiger partial charge is 0.230 e. The van der Waals surface area contributed by atoms with E-state index in [-0.39, 0.29) is 12.5 Å². The predicted molar refractivity (Wildman–Crippen MR) is 133 cm³/mol. The minimum Gasteiger partial charge on any atom is -0.385 e. The molecule has 9 nitrogen and oxygen atoms in total. The topological polar surface area (TPSA) is 109 Å². The van der Waals surface area contributed by atoms with Crippen molar-refractivity contribution in [1.29, 1.82) is 0 Å². The highest BCUT2D eigenvalue weighted by atomic mass is 16.3. The van der Waals surface area contributed by atoms with Crippen LogP contribution in [0.15, 0.2) is 36.8 Å². The van der Waals surface area contributed by atoms with E-state index in [1.165, 1.54) is 19.8 Å². The average Bonchev–Trinajstić information content (AvgIpc) is 3.18. The Hall–Kier alpha value is -3.59. The highest BCUT2D eigenvalue weighted by molar-refractivity contribution is 6.06. The molecule has 2 aliphatic rings. The van der Waals surface area contributed by atoms with Crippen LogP contribution >= 0.6 is 0 Å². The summed E-state index contributed by atoms with van der Waals surface area (Å²) in [4.78, 5) is 31.9. The number of hydrogen-bond donors (Lipinski definition) is 2. The zero-order valence-corrected chi connectivity index (χ0v) is 20.0. The third-order valence-corrected chi connectivity index (χ3v) is 7.46. The Balaban J connectivity index is 1.36. The Labute approximate surface area is 203 Å². The van der Waals surface area contributed by atoms with Gasteiger partial charge < -0.3 is 19.9 Å². The first-order valence-electron chi connectivity index (χ1n) is 12.3. The van der Waals surface area contributed by atoms with Crippen molar-refractivity contribution in [3.8, 4) is 0 Å². The van der Waals surface area contributed by atoms with Crippen LogP contribution < -0.4 is 5.32 Å². The molecule has 35 heavy (non-hydrogen) atoms. The molecule has 9 heteroatoms. The Morgan fingerprint density at radius 2 is 1.91 bits per heavy atom. The van der Waals surface area contributed by atoms with Gasteiger partial charge in [-0.15, -0.1) is 0 Å². The van der Waals surface area contributed by atoms with Crippen molar-refractivity contribution >= 4 is 39.6 Å². The first-order chi connectivity index (χ1) is 17.0. The molecule has 0 aromatic carbocycles. The molecule has 1 atom stereocenters. The first-order valence-corrected chi connectivity index (χ1v) is 12.3.